The summed E-state index contributed by atoms with van der Waals surface area (Å²) in [4.78, 5) is 1.29. The van der Waals surface area contributed by atoms with Crippen molar-refractivity contribution in [3.05, 3.63) is 22.4 Å². The summed E-state index contributed by atoms with van der Waals surface area (Å²) in [5.41, 5.74) is -0.261. The van der Waals surface area contributed by atoms with Crippen LogP contribution in [0.2, 0.25) is 0 Å². The average Bonchev–Trinajstić information content (AvgIpc) is 2.72. The Morgan fingerprint density at radius 2 is 2.57 bits per heavy atom. The molecule has 2 rings (SSSR count). The van der Waals surface area contributed by atoms with Gasteiger partial charge in [-0.15, -0.1) is 11.3 Å². The topological polar surface area (TPSA) is 33.0 Å². The lowest BCUT2D eigenvalue weighted by Crippen LogP contribution is -2.32. The maximum Gasteiger partial charge on any atom is 0.0855 e. The van der Waals surface area contributed by atoms with Crippen molar-refractivity contribution in [3.63, 3.8) is 0 Å². The summed E-state index contributed by atoms with van der Waals surface area (Å²) < 4.78 is 5.41. The predicted octanol–water partition coefficient (Wildman–Crippen LogP) is 2.61. The normalized spacial score (nSPS) is 27.1. The van der Waals surface area contributed by atoms with E-state index in [9.17, 15) is 5.26 Å². The van der Waals surface area contributed by atoms with Crippen LogP contribution in [0.3, 0.4) is 0 Å². The molecule has 1 aliphatic heterocycles. The van der Waals surface area contributed by atoms with E-state index in [1.165, 1.54) is 4.88 Å². The molecule has 1 aromatic heterocycles. The second kappa shape index (κ2) is 4.12. The molecule has 74 valence electrons. The lowest BCUT2D eigenvalue weighted by Gasteiger charge is -2.29. The van der Waals surface area contributed by atoms with Gasteiger partial charge >= 0.3 is 0 Å². The van der Waals surface area contributed by atoms with E-state index in [4.69, 9.17) is 4.74 Å². The van der Waals surface area contributed by atoms with E-state index in [-0.39, 0.29) is 5.41 Å². The lowest BCUT2D eigenvalue weighted by molar-refractivity contribution is 0.0227. The molecule has 1 atom stereocenters. The fraction of sp³-hybridized carbons (Fsp3) is 0.545. The number of hydrogen-bond donors (Lipinski definition) is 0. The summed E-state index contributed by atoms with van der Waals surface area (Å²) in [6.07, 6.45) is 2.83. The summed E-state index contributed by atoms with van der Waals surface area (Å²) in [5, 5.41) is 11.3. The summed E-state index contributed by atoms with van der Waals surface area (Å²) in [6, 6.07) is 6.57. The van der Waals surface area contributed by atoms with Gasteiger partial charge in [0.15, 0.2) is 0 Å². The van der Waals surface area contributed by atoms with Gasteiger partial charge in [0.25, 0.3) is 0 Å². The van der Waals surface area contributed by atoms with Crippen LogP contribution >= 0.6 is 11.3 Å². The van der Waals surface area contributed by atoms with Crippen LogP contribution in [0.15, 0.2) is 17.5 Å². The minimum atomic E-state index is -0.261. The first-order valence-corrected chi connectivity index (χ1v) is 5.74. The smallest absolute Gasteiger partial charge is 0.0855 e. The molecule has 0 spiro atoms. The van der Waals surface area contributed by atoms with Gasteiger partial charge in [0.1, 0.15) is 0 Å². The molecule has 0 saturated carbocycles. The van der Waals surface area contributed by atoms with Crippen LogP contribution in [-0.2, 0) is 11.2 Å². The third-order valence-corrected chi connectivity index (χ3v) is 3.53. The molecule has 2 heterocycles. The van der Waals surface area contributed by atoms with Crippen molar-refractivity contribution in [2.75, 3.05) is 13.2 Å². The van der Waals surface area contributed by atoms with Gasteiger partial charge < -0.3 is 4.74 Å². The molecule has 14 heavy (non-hydrogen) atoms. The third-order valence-electron chi connectivity index (χ3n) is 2.65. The fourth-order valence-electron chi connectivity index (χ4n) is 1.87. The molecule has 0 aliphatic carbocycles. The number of rotatable bonds is 2. The minimum Gasteiger partial charge on any atom is -0.380 e. The van der Waals surface area contributed by atoms with Crippen molar-refractivity contribution in [1.29, 1.82) is 5.26 Å². The summed E-state index contributed by atoms with van der Waals surface area (Å²) in [7, 11) is 0. The Bertz CT molecular complexity index is 320. The Morgan fingerprint density at radius 1 is 1.64 bits per heavy atom. The highest BCUT2D eigenvalue weighted by molar-refractivity contribution is 7.09. The van der Waals surface area contributed by atoms with Gasteiger partial charge in [0.05, 0.1) is 18.1 Å². The fourth-order valence-corrected chi connectivity index (χ4v) is 2.71. The van der Waals surface area contributed by atoms with Crippen LogP contribution in [0, 0.1) is 16.7 Å². The molecule has 0 bridgehead atoms. The van der Waals surface area contributed by atoms with Crippen LogP contribution in [0.5, 0.6) is 0 Å². The summed E-state index contributed by atoms with van der Waals surface area (Å²) in [6.45, 7) is 1.41. The van der Waals surface area contributed by atoms with Gasteiger partial charge in [0.2, 0.25) is 0 Å². The van der Waals surface area contributed by atoms with E-state index in [1.54, 1.807) is 11.3 Å². The van der Waals surface area contributed by atoms with Gasteiger partial charge in [0, 0.05) is 17.9 Å². The number of hydrogen-bond acceptors (Lipinski definition) is 3. The molecule has 1 unspecified atom stereocenters. The summed E-state index contributed by atoms with van der Waals surface area (Å²) in [5.74, 6) is 0. The molecule has 1 fully saturated rings. The van der Waals surface area contributed by atoms with Gasteiger partial charge in [-0.05, 0) is 24.3 Å². The minimum absolute atomic E-state index is 0.261. The first-order valence-electron chi connectivity index (χ1n) is 4.86. The number of ether oxygens (including phenoxy) is 1. The van der Waals surface area contributed by atoms with Gasteiger partial charge in [-0.3, -0.25) is 0 Å². The van der Waals surface area contributed by atoms with Crippen LogP contribution < -0.4 is 0 Å². The maximum absolute atomic E-state index is 9.21. The zero-order valence-corrected chi connectivity index (χ0v) is 8.85. The van der Waals surface area contributed by atoms with Crippen molar-refractivity contribution in [2.45, 2.75) is 19.3 Å². The molecule has 1 aliphatic rings. The Balaban J connectivity index is 2.09. The van der Waals surface area contributed by atoms with E-state index < -0.39 is 0 Å². The third kappa shape index (κ3) is 1.97. The van der Waals surface area contributed by atoms with E-state index in [1.807, 2.05) is 6.07 Å². The standard InChI is InChI=1S/C11H13NOS/c12-8-11(4-2-5-13-9-11)7-10-3-1-6-14-10/h1,3,6H,2,4-5,7,9H2. The molecule has 0 radical (unpaired) electrons. The molecule has 2 nitrogen and oxygen atoms in total. The van der Waals surface area contributed by atoms with Crippen LogP contribution in [-0.4, -0.2) is 13.2 Å². The zero-order chi connectivity index (χ0) is 9.86. The molecule has 0 aromatic carbocycles. The SMILES string of the molecule is N#CC1(Cc2cccs2)CCCOC1. The average molecular weight is 207 g/mol. The second-order valence-corrected chi connectivity index (χ2v) is 4.84. The molecule has 0 N–H and O–H groups in total. The molecule has 0 amide bonds. The Morgan fingerprint density at radius 3 is 3.14 bits per heavy atom. The maximum atomic E-state index is 9.21. The summed E-state index contributed by atoms with van der Waals surface area (Å²) >= 11 is 1.72. The van der Waals surface area contributed by atoms with Crippen LogP contribution in [0.25, 0.3) is 0 Å². The highest BCUT2D eigenvalue weighted by Crippen LogP contribution is 2.32. The zero-order valence-electron chi connectivity index (χ0n) is 8.03. The quantitative estimate of drug-likeness (QED) is 0.746. The van der Waals surface area contributed by atoms with E-state index in [0.717, 1.165) is 25.9 Å². The first-order chi connectivity index (χ1) is 6.85. The van der Waals surface area contributed by atoms with Gasteiger partial charge in [-0.1, -0.05) is 6.07 Å². The van der Waals surface area contributed by atoms with Crippen molar-refractivity contribution in [1.82, 2.24) is 0 Å². The van der Waals surface area contributed by atoms with Crippen molar-refractivity contribution < 1.29 is 4.74 Å². The monoisotopic (exact) mass is 207 g/mol. The van der Waals surface area contributed by atoms with Crippen LogP contribution in [0.4, 0.5) is 0 Å². The molecule has 1 saturated heterocycles. The highest BCUT2D eigenvalue weighted by Gasteiger charge is 2.33. The number of thiophene rings is 1. The lowest BCUT2D eigenvalue weighted by atomic mass is 9.80. The van der Waals surface area contributed by atoms with E-state index in [0.29, 0.717) is 6.61 Å². The Kier molecular flexibility index (Phi) is 2.85. The van der Waals surface area contributed by atoms with Gasteiger partial charge in [-0.2, -0.15) is 5.26 Å². The Hall–Kier alpha value is -0.850. The van der Waals surface area contributed by atoms with E-state index in [2.05, 4.69) is 17.5 Å². The number of nitrogens with zero attached hydrogens (tertiary/aromatic N) is 1. The van der Waals surface area contributed by atoms with Crippen molar-refractivity contribution >= 4 is 11.3 Å². The number of nitriles is 1. The molecular weight excluding hydrogens is 194 g/mol. The second-order valence-electron chi connectivity index (χ2n) is 3.80. The van der Waals surface area contributed by atoms with Crippen LogP contribution in [0.1, 0.15) is 17.7 Å². The van der Waals surface area contributed by atoms with E-state index >= 15 is 0 Å². The van der Waals surface area contributed by atoms with Gasteiger partial charge in [-0.25, -0.2) is 0 Å². The van der Waals surface area contributed by atoms with Crippen molar-refractivity contribution in [2.24, 2.45) is 5.41 Å². The van der Waals surface area contributed by atoms with Crippen molar-refractivity contribution in [3.8, 4) is 6.07 Å². The molecule has 1 aromatic rings. The highest BCUT2D eigenvalue weighted by atomic mass is 32.1. The molecular formula is C11H13NOS. The largest absolute Gasteiger partial charge is 0.380 e. The first kappa shape index (κ1) is 9.70. The Labute approximate surface area is 88.1 Å². The predicted molar refractivity (Wildman–Crippen MR) is 56.1 cm³/mol. The molecule has 3 heteroatoms.